The lowest BCUT2D eigenvalue weighted by Gasteiger charge is -2.17. The highest BCUT2D eigenvalue weighted by atomic mass is 79.9. The minimum absolute atomic E-state index is 0.117. The quantitative estimate of drug-likeness (QED) is 0.812. The molecule has 6 heteroatoms. The first kappa shape index (κ1) is 17.1. The Balaban J connectivity index is 2.20. The van der Waals surface area contributed by atoms with Crippen LogP contribution in [-0.2, 0) is 16.0 Å². The second-order valence-corrected chi connectivity index (χ2v) is 5.68. The van der Waals surface area contributed by atoms with Crippen LogP contribution in [0.3, 0.4) is 0 Å². The molecule has 1 amide bonds. The zero-order chi connectivity index (χ0) is 16.8. The van der Waals surface area contributed by atoms with Gasteiger partial charge in [-0.2, -0.15) is 0 Å². The fourth-order valence-corrected chi connectivity index (χ4v) is 2.55. The molecule has 0 aliphatic carbocycles. The van der Waals surface area contributed by atoms with Gasteiger partial charge in [0, 0.05) is 10.9 Å². The van der Waals surface area contributed by atoms with E-state index in [1.807, 2.05) is 24.3 Å². The maximum Gasteiger partial charge on any atom is 0.328 e. The molecule has 0 aromatic heterocycles. The average Bonchev–Trinajstić information content (AvgIpc) is 2.55. The number of hydrogen-bond acceptors (Lipinski definition) is 3. The van der Waals surface area contributed by atoms with Gasteiger partial charge in [-0.05, 0) is 23.8 Å². The summed E-state index contributed by atoms with van der Waals surface area (Å²) >= 11 is 3.39. The Morgan fingerprint density at radius 3 is 2.48 bits per heavy atom. The largest absolute Gasteiger partial charge is 0.467 e. The molecule has 23 heavy (non-hydrogen) atoms. The van der Waals surface area contributed by atoms with Crippen molar-refractivity contribution in [2.75, 3.05) is 7.11 Å². The molecular formula is C17H15BrFNO3. The van der Waals surface area contributed by atoms with Crippen LogP contribution in [0.5, 0.6) is 0 Å². The van der Waals surface area contributed by atoms with Crippen LogP contribution < -0.4 is 5.32 Å². The molecule has 2 aromatic rings. The van der Waals surface area contributed by atoms with Crippen molar-refractivity contribution in [2.45, 2.75) is 12.5 Å². The van der Waals surface area contributed by atoms with Crippen LogP contribution in [0.2, 0.25) is 0 Å². The third kappa shape index (κ3) is 4.39. The predicted molar refractivity (Wildman–Crippen MR) is 87.5 cm³/mol. The van der Waals surface area contributed by atoms with Crippen LogP contribution >= 0.6 is 15.9 Å². The summed E-state index contributed by atoms with van der Waals surface area (Å²) < 4.78 is 19.2. The monoisotopic (exact) mass is 379 g/mol. The first-order chi connectivity index (χ1) is 11.0. The minimum atomic E-state index is -0.911. The molecule has 0 fully saturated rings. The van der Waals surface area contributed by atoms with Gasteiger partial charge in [-0.3, -0.25) is 4.79 Å². The van der Waals surface area contributed by atoms with Crippen molar-refractivity contribution in [1.29, 1.82) is 0 Å². The summed E-state index contributed by atoms with van der Waals surface area (Å²) in [6.07, 6.45) is 0.230. The van der Waals surface area contributed by atoms with E-state index < -0.39 is 23.7 Å². The summed E-state index contributed by atoms with van der Waals surface area (Å²) in [6.45, 7) is 0. The van der Waals surface area contributed by atoms with Gasteiger partial charge < -0.3 is 10.1 Å². The van der Waals surface area contributed by atoms with Crippen molar-refractivity contribution in [3.05, 3.63) is 69.9 Å². The molecule has 1 atom stereocenters. The minimum Gasteiger partial charge on any atom is -0.467 e. The Morgan fingerprint density at radius 1 is 1.17 bits per heavy atom. The molecule has 0 aliphatic rings. The fourth-order valence-electron chi connectivity index (χ4n) is 2.10. The van der Waals surface area contributed by atoms with E-state index in [2.05, 4.69) is 21.2 Å². The van der Waals surface area contributed by atoms with Gasteiger partial charge in [-0.25, -0.2) is 9.18 Å². The van der Waals surface area contributed by atoms with Gasteiger partial charge in [-0.15, -0.1) is 0 Å². The fraction of sp³-hybridized carbons (Fsp3) is 0.176. The molecule has 0 radical (unpaired) electrons. The van der Waals surface area contributed by atoms with Crippen molar-refractivity contribution in [2.24, 2.45) is 0 Å². The number of rotatable bonds is 5. The molecule has 0 heterocycles. The van der Waals surface area contributed by atoms with Crippen molar-refractivity contribution >= 4 is 27.8 Å². The Kier molecular flexibility index (Phi) is 5.87. The molecule has 0 saturated heterocycles. The molecule has 0 saturated carbocycles. The Morgan fingerprint density at radius 2 is 1.83 bits per heavy atom. The van der Waals surface area contributed by atoms with Crippen LogP contribution in [-0.4, -0.2) is 25.0 Å². The highest BCUT2D eigenvalue weighted by Crippen LogP contribution is 2.18. The molecule has 120 valence electrons. The molecule has 0 bridgehead atoms. The first-order valence-corrected chi connectivity index (χ1v) is 7.69. The van der Waals surface area contributed by atoms with E-state index in [0.717, 1.165) is 10.0 Å². The maximum absolute atomic E-state index is 13.7. The van der Waals surface area contributed by atoms with E-state index >= 15 is 0 Å². The van der Waals surface area contributed by atoms with Crippen LogP contribution in [0.4, 0.5) is 4.39 Å². The summed E-state index contributed by atoms with van der Waals surface area (Å²) in [6, 6.07) is 12.0. The number of halogens is 2. The van der Waals surface area contributed by atoms with Gasteiger partial charge in [0.05, 0.1) is 12.7 Å². The zero-order valence-electron chi connectivity index (χ0n) is 12.4. The lowest BCUT2D eigenvalue weighted by Crippen LogP contribution is -2.43. The van der Waals surface area contributed by atoms with Gasteiger partial charge in [0.1, 0.15) is 11.9 Å². The van der Waals surface area contributed by atoms with Gasteiger partial charge in [-0.1, -0.05) is 46.3 Å². The number of amides is 1. The molecule has 0 aliphatic heterocycles. The Labute approximate surface area is 141 Å². The lowest BCUT2D eigenvalue weighted by molar-refractivity contribution is -0.142. The van der Waals surface area contributed by atoms with Crippen LogP contribution in [0, 0.1) is 5.82 Å². The molecule has 2 aromatic carbocycles. The first-order valence-electron chi connectivity index (χ1n) is 6.89. The van der Waals surface area contributed by atoms with Crippen LogP contribution in [0.25, 0.3) is 0 Å². The number of carbonyl (C=O) groups excluding carboxylic acids is 2. The topological polar surface area (TPSA) is 55.4 Å². The summed E-state index contributed by atoms with van der Waals surface area (Å²) in [7, 11) is 1.24. The maximum atomic E-state index is 13.7. The Hall–Kier alpha value is -2.21. The van der Waals surface area contributed by atoms with Crippen LogP contribution in [0.15, 0.2) is 53.0 Å². The molecule has 0 unspecified atom stereocenters. The predicted octanol–water partition coefficient (Wildman–Crippen LogP) is 3.10. The smallest absolute Gasteiger partial charge is 0.328 e. The van der Waals surface area contributed by atoms with E-state index in [0.29, 0.717) is 0 Å². The molecular weight excluding hydrogens is 365 g/mol. The number of methoxy groups -OCH3 is 1. The van der Waals surface area contributed by atoms with Crippen LogP contribution in [0.1, 0.15) is 15.9 Å². The van der Waals surface area contributed by atoms with Crippen molar-refractivity contribution in [1.82, 2.24) is 5.32 Å². The molecule has 0 spiro atoms. The van der Waals surface area contributed by atoms with Crippen molar-refractivity contribution in [3.8, 4) is 0 Å². The molecule has 4 nitrogen and oxygen atoms in total. The number of esters is 1. The average molecular weight is 380 g/mol. The van der Waals surface area contributed by atoms with E-state index in [1.54, 1.807) is 6.07 Å². The third-order valence-electron chi connectivity index (χ3n) is 3.29. The van der Waals surface area contributed by atoms with Gasteiger partial charge in [0.2, 0.25) is 0 Å². The summed E-state index contributed by atoms with van der Waals surface area (Å²) in [4.78, 5) is 24.1. The summed E-state index contributed by atoms with van der Waals surface area (Å²) in [5.74, 6) is -1.90. The molecule has 1 N–H and O–H groups in total. The van der Waals surface area contributed by atoms with Crippen molar-refractivity contribution in [3.63, 3.8) is 0 Å². The normalized spacial score (nSPS) is 11.6. The second-order valence-electron chi connectivity index (χ2n) is 4.82. The van der Waals surface area contributed by atoms with E-state index in [4.69, 9.17) is 4.74 Å². The zero-order valence-corrected chi connectivity index (χ0v) is 14.0. The Bertz CT molecular complexity index is 720. The highest BCUT2D eigenvalue weighted by molar-refractivity contribution is 9.10. The number of benzene rings is 2. The highest BCUT2D eigenvalue weighted by Gasteiger charge is 2.24. The van der Waals surface area contributed by atoms with Gasteiger partial charge >= 0.3 is 5.97 Å². The van der Waals surface area contributed by atoms with E-state index in [-0.39, 0.29) is 12.0 Å². The lowest BCUT2D eigenvalue weighted by atomic mass is 10.1. The van der Waals surface area contributed by atoms with Crippen molar-refractivity contribution < 1.29 is 18.7 Å². The van der Waals surface area contributed by atoms with Gasteiger partial charge in [0.25, 0.3) is 5.91 Å². The van der Waals surface area contributed by atoms with E-state index in [9.17, 15) is 14.0 Å². The second kappa shape index (κ2) is 7.87. The number of nitrogens with one attached hydrogen (secondary N) is 1. The number of hydrogen-bond donors (Lipinski definition) is 1. The third-order valence-corrected chi connectivity index (χ3v) is 4.07. The molecule has 2 rings (SSSR count). The standard InChI is InChI=1S/C17H15BrFNO3/c1-23-17(22)15(10-11-6-2-4-8-13(11)18)20-16(21)12-7-3-5-9-14(12)19/h2-9,15H,10H2,1H3,(H,20,21)/t15-/m1/s1. The number of carbonyl (C=O) groups is 2. The SMILES string of the molecule is COC(=O)[C@@H](Cc1ccccc1Br)NC(=O)c1ccccc1F. The van der Waals surface area contributed by atoms with E-state index in [1.165, 1.54) is 25.3 Å². The number of ether oxygens (including phenoxy) is 1. The summed E-state index contributed by atoms with van der Waals surface area (Å²) in [5.41, 5.74) is 0.713. The summed E-state index contributed by atoms with van der Waals surface area (Å²) in [5, 5.41) is 2.53. The van der Waals surface area contributed by atoms with Gasteiger partial charge in [0.15, 0.2) is 0 Å².